The summed E-state index contributed by atoms with van der Waals surface area (Å²) in [5.41, 5.74) is 3.47. The van der Waals surface area contributed by atoms with Gasteiger partial charge in [-0.1, -0.05) is 66.2 Å². The normalized spacial score (nSPS) is 16.2. The molecule has 2 amide bonds. The van der Waals surface area contributed by atoms with Crippen molar-refractivity contribution >= 4 is 35.2 Å². The van der Waals surface area contributed by atoms with Gasteiger partial charge in [-0.2, -0.15) is 0 Å². The van der Waals surface area contributed by atoms with Crippen LogP contribution in [0.15, 0.2) is 78.9 Å². The van der Waals surface area contributed by atoms with E-state index in [-0.39, 0.29) is 22.7 Å². The van der Waals surface area contributed by atoms with E-state index in [4.69, 9.17) is 11.6 Å². The summed E-state index contributed by atoms with van der Waals surface area (Å²) in [4.78, 5) is 27.3. The third-order valence-electron chi connectivity index (χ3n) is 5.63. The van der Waals surface area contributed by atoms with Gasteiger partial charge in [0.15, 0.2) is 0 Å². The minimum atomic E-state index is -0.375. The molecular formula is C27H27ClN2O2S. The number of carbonyl (C=O) groups is 2. The summed E-state index contributed by atoms with van der Waals surface area (Å²) in [5, 5.41) is 3.75. The zero-order valence-corrected chi connectivity index (χ0v) is 20.3. The van der Waals surface area contributed by atoms with Crippen LogP contribution in [0.3, 0.4) is 0 Å². The van der Waals surface area contributed by atoms with Crippen molar-refractivity contribution in [3.05, 3.63) is 106 Å². The van der Waals surface area contributed by atoms with Gasteiger partial charge in [0.25, 0.3) is 5.91 Å². The average molecular weight is 479 g/mol. The summed E-state index contributed by atoms with van der Waals surface area (Å²) in [6.45, 7) is 4.59. The number of halogens is 1. The maximum absolute atomic E-state index is 12.9. The summed E-state index contributed by atoms with van der Waals surface area (Å²) >= 11 is 7.59. The fraction of sp³-hybridized carbons (Fsp3) is 0.259. The van der Waals surface area contributed by atoms with Gasteiger partial charge >= 0.3 is 0 Å². The lowest BCUT2D eigenvalue weighted by Crippen LogP contribution is -2.45. The van der Waals surface area contributed by atoms with Crippen LogP contribution in [-0.4, -0.2) is 28.0 Å². The van der Waals surface area contributed by atoms with Crippen molar-refractivity contribution in [2.75, 3.05) is 5.75 Å². The van der Waals surface area contributed by atoms with Crippen molar-refractivity contribution in [2.24, 2.45) is 0 Å². The second-order valence-electron chi connectivity index (χ2n) is 8.93. The van der Waals surface area contributed by atoms with Gasteiger partial charge in [0.1, 0.15) is 5.37 Å². The molecule has 0 aliphatic carbocycles. The van der Waals surface area contributed by atoms with Gasteiger partial charge in [0.05, 0.1) is 5.75 Å². The molecule has 33 heavy (non-hydrogen) atoms. The third-order valence-corrected chi connectivity index (χ3v) is 7.14. The molecule has 6 heteroatoms. The van der Waals surface area contributed by atoms with Crippen LogP contribution in [0.25, 0.3) is 0 Å². The van der Waals surface area contributed by atoms with Crippen LogP contribution in [0.5, 0.6) is 0 Å². The molecule has 4 nitrogen and oxygen atoms in total. The first-order chi connectivity index (χ1) is 15.8. The van der Waals surface area contributed by atoms with E-state index < -0.39 is 0 Å². The van der Waals surface area contributed by atoms with Gasteiger partial charge in [-0.25, -0.2) is 0 Å². The van der Waals surface area contributed by atoms with E-state index in [1.165, 1.54) is 5.56 Å². The van der Waals surface area contributed by atoms with Crippen LogP contribution in [0.2, 0.25) is 5.02 Å². The van der Waals surface area contributed by atoms with E-state index >= 15 is 0 Å². The quantitative estimate of drug-likeness (QED) is 0.462. The summed E-state index contributed by atoms with van der Waals surface area (Å²) in [7, 11) is 0. The Kier molecular flexibility index (Phi) is 7.11. The Hall–Kier alpha value is -2.76. The minimum absolute atomic E-state index is 0.0696. The lowest BCUT2D eigenvalue weighted by Gasteiger charge is -2.27. The van der Waals surface area contributed by atoms with Gasteiger partial charge in [-0.05, 0) is 61.2 Å². The first kappa shape index (κ1) is 23.4. The third kappa shape index (κ3) is 5.98. The molecule has 1 N–H and O–H groups in total. The molecule has 0 bridgehead atoms. The molecule has 0 aromatic heterocycles. The van der Waals surface area contributed by atoms with Crippen molar-refractivity contribution in [1.82, 2.24) is 10.2 Å². The molecule has 3 aromatic carbocycles. The Morgan fingerprint density at radius 3 is 2.33 bits per heavy atom. The molecule has 0 saturated carbocycles. The molecule has 0 unspecified atom stereocenters. The minimum Gasteiger partial charge on any atom is -0.347 e. The van der Waals surface area contributed by atoms with Gasteiger partial charge in [-0.3, -0.25) is 9.59 Å². The molecule has 1 fully saturated rings. The van der Waals surface area contributed by atoms with Crippen molar-refractivity contribution in [1.29, 1.82) is 0 Å². The van der Waals surface area contributed by atoms with Crippen LogP contribution < -0.4 is 5.32 Å². The molecule has 1 saturated heterocycles. The number of nitrogens with zero attached hydrogens (tertiary/aromatic N) is 1. The highest BCUT2D eigenvalue weighted by Gasteiger charge is 2.33. The molecule has 1 aliphatic rings. The fourth-order valence-electron chi connectivity index (χ4n) is 4.02. The fourth-order valence-corrected chi connectivity index (χ4v) is 5.33. The lowest BCUT2D eigenvalue weighted by molar-refractivity contribution is -0.128. The molecule has 0 radical (unpaired) electrons. The Labute approximate surface area is 204 Å². The zero-order valence-electron chi connectivity index (χ0n) is 18.8. The molecule has 1 aliphatic heterocycles. The van der Waals surface area contributed by atoms with Gasteiger partial charge in [0.2, 0.25) is 5.91 Å². The highest BCUT2D eigenvalue weighted by molar-refractivity contribution is 8.00. The number of carbonyl (C=O) groups excluding carboxylic acids is 2. The van der Waals surface area contributed by atoms with E-state index in [0.717, 1.165) is 17.5 Å². The van der Waals surface area contributed by atoms with E-state index in [0.29, 0.717) is 22.9 Å². The highest BCUT2D eigenvalue weighted by Crippen LogP contribution is 2.39. The monoisotopic (exact) mass is 478 g/mol. The predicted molar refractivity (Wildman–Crippen MR) is 135 cm³/mol. The van der Waals surface area contributed by atoms with Crippen molar-refractivity contribution in [2.45, 2.75) is 37.7 Å². The summed E-state index contributed by atoms with van der Waals surface area (Å²) in [5.74, 6) is 0.467. The highest BCUT2D eigenvalue weighted by atomic mass is 35.5. The van der Waals surface area contributed by atoms with Crippen LogP contribution in [0, 0.1) is 0 Å². The van der Waals surface area contributed by atoms with Gasteiger partial charge < -0.3 is 10.2 Å². The van der Waals surface area contributed by atoms with Gasteiger partial charge in [-0.15, -0.1) is 11.8 Å². The smallest absolute Gasteiger partial charge is 0.251 e. The predicted octanol–water partition coefficient (Wildman–Crippen LogP) is 5.87. The Bertz CT molecular complexity index is 1120. The zero-order chi connectivity index (χ0) is 23.4. The second-order valence-corrected chi connectivity index (χ2v) is 10.4. The second kappa shape index (κ2) is 10.0. The number of hydrogen-bond acceptors (Lipinski definition) is 3. The van der Waals surface area contributed by atoms with Crippen LogP contribution in [0.1, 0.15) is 46.3 Å². The number of nitrogens with one attached hydrogen (secondary N) is 1. The number of hydrogen-bond donors (Lipinski definition) is 1. The molecule has 1 heterocycles. The largest absolute Gasteiger partial charge is 0.347 e. The lowest BCUT2D eigenvalue weighted by atomic mass is 9.94. The van der Waals surface area contributed by atoms with Crippen LogP contribution >= 0.6 is 23.4 Å². The molecular weight excluding hydrogens is 452 g/mol. The molecule has 3 aromatic rings. The Balaban J connectivity index is 1.42. The van der Waals surface area contributed by atoms with Gasteiger partial charge in [0, 0.05) is 22.7 Å². The summed E-state index contributed by atoms with van der Waals surface area (Å²) in [6.07, 6.45) is 0.748. The number of rotatable bonds is 7. The van der Waals surface area contributed by atoms with E-state index in [2.05, 4.69) is 17.4 Å². The topological polar surface area (TPSA) is 49.4 Å². The molecule has 4 rings (SSSR count). The van der Waals surface area contributed by atoms with Crippen molar-refractivity contribution in [3.8, 4) is 0 Å². The standard InChI is InChI=1S/C27H27ClN2O2S/c1-27(2,16-19-6-4-3-5-7-19)29-25(32)21-10-12-22(13-11-21)26-30(24(31)18-33-26)17-20-8-14-23(28)15-9-20/h3-15,26H,16-18H2,1-2H3,(H,29,32)/t26-/m0/s1. The maximum atomic E-state index is 12.9. The maximum Gasteiger partial charge on any atom is 0.251 e. The number of amides is 2. The number of thioether (sulfide) groups is 1. The number of benzene rings is 3. The van der Waals surface area contributed by atoms with Crippen molar-refractivity contribution < 1.29 is 9.59 Å². The molecule has 0 spiro atoms. The SMILES string of the molecule is CC(C)(Cc1ccccc1)NC(=O)c1ccc([C@@H]2SCC(=O)N2Cc2ccc(Cl)cc2)cc1. The summed E-state index contributed by atoms with van der Waals surface area (Å²) < 4.78 is 0. The Morgan fingerprint density at radius 2 is 1.67 bits per heavy atom. The van der Waals surface area contributed by atoms with E-state index in [1.807, 2.05) is 85.5 Å². The first-order valence-corrected chi connectivity index (χ1v) is 12.4. The van der Waals surface area contributed by atoms with E-state index in [1.54, 1.807) is 11.8 Å². The van der Waals surface area contributed by atoms with Crippen LogP contribution in [0.4, 0.5) is 0 Å². The Morgan fingerprint density at radius 1 is 1.00 bits per heavy atom. The molecule has 1 atom stereocenters. The van der Waals surface area contributed by atoms with Crippen LogP contribution in [-0.2, 0) is 17.8 Å². The summed E-state index contributed by atoms with van der Waals surface area (Å²) in [6, 6.07) is 25.3. The first-order valence-electron chi connectivity index (χ1n) is 10.9. The molecule has 170 valence electrons. The average Bonchev–Trinajstić information content (AvgIpc) is 3.15. The van der Waals surface area contributed by atoms with E-state index in [9.17, 15) is 9.59 Å². The van der Waals surface area contributed by atoms with Crippen molar-refractivity contribution in [3.63, 3.8) is 0 Å².